The summed E-state index contributed by atoms with van der Waals surface area (Å²) in [6.07, 6.45) is 1.45. The number of ether oxygens (including phenoxy) is 3. The minimum atomic E-state index is -1.16. The number of rotatable bonds is 14. The third-order valence-corrected chi connectivity index (χ3v) is 8.02. The third kappa shape index (κ3) is 8.03. The van der Waals surface area contributed by atoms with Crippen molar-refractivity contribution in [2.45, 2.75) is 25.1 Å². The average Bonchev–Trinajstić information content (AvgIpc) is 3.14. The van der Waals surface area contributed by atoms with Gasteiger partial charge in [-0.3, -0.25) is 14.2 Å². The molecular weight excluding hydrogens is 624 g/mol. The number of aromatic nitrogens is 2. The zero-order valence-electron chi connectivity index (χ0n) is 27.5. The first-order valence-electron chi connectivity index (χ1n) is 15.6. The predicted molar refractivity (Wildman–Crippen MR) is 185 cm³/mol. The molecule has 0 aliphatic rings. The van der Waals surface area contributed by atoms with Gasteiger partial charge in [-0.05, 0) is 60.0 Å². The van der Waals surface area contributed by atoms with E-state index < -0.39 is 35.8 Å². The van der Waals surface area contributed by atoms with Crippen LogP contribution < -0.4 is 25.8 Å². The van der Waals surface area contributed by atoms with Crippen LogP contribution in [0.4, 0.5) is 5.82 Å². The topological polar surface area (TPSA) is 141 Å². The van der Waals surface area contributed by atoms with Crippen LogP contribution in [0.1, 0.15) is 32.6 Å². The van der Waals surface area contributed by atoms with Gasteiger partial charge in [-0.1, -0.05) is 72.8 Å². The molecule has 0 saturated heterocycles. The largest absolute Gasteiger partial charge is 0.497 e. The number of nitrogens with one attached hydrogen (secondary N) is 2. The van der Waals surface area contributed by atoms with Gasteiger partial charge in [0.2, 0.25) is 5.91 Å². The number of amides is 2. The molecular formula is C38H38N4O7. The minimum absolute atomic E-state index is 0.0914. The second kappa shape index (κ2) is 15.9. The number of anilines is 1. The number of nitrogens with zero attached hydrogens (tertiary/aromatic N) is 2. The summed E-state index contributed by atoms with van der Waals surface area (Å²) >= 11 is 0. The van der Waals surface area contributed by atoms with Crippen LogP contribution in [0.2, 0.25) is 0 Å². The molecule has 0 bridgehead atoms. The molecule has 0 saturated carbocycles. The van der Waals surface area contributed by atoms with E-state index in [9.17, 15) is 19.5 Å². The molecule has 3 N–H and O–H groups in total. The summed E-state index contributed by atoms with van der Waals surface area (Å²) in [5.74, 6) is 0.505. The van der Waals surface area contributed by atoms with E-state index in [0.717, 1.165) is 21.3 Å². The van der Waals surface area contributed by atoms with E-state index in [1.54, 1.807) is 51.5 Å². The highest BCUT2D eigenvalue weighted by molar-refractivity contribution is 6.04. The van der Waals surface area contributed by atoms with Gasteiger partial charge in [-0.25, -0.2) is 4.79 Å². The summed E-state index contributed by atoms with van der Waals surface area (Å²) in [4.78, 5) is 42.6. The molecule has 49 heavy (non-hydrogen) atoms. The Morgan fingerprint density at radius 2 is 1.35 bits per heavy atom. The first-order chi connectivity index (χ1) is 23.8. The number of hydrogen-bond acceptors (Lipinski definition) is 8. The highest BCUT2D eigenvalue weighted by Gasteiger charge is 2.38. The lowest BCUT2D eigenvalue weighted by Crippen LogP contribution is -2.46. The number of methoxy groups -OCH3 is 2. The minimum Gasteiger partial charge on any atom is -0.497 e. The second-order valence-electron chi connectivity index (χ2n) is 11.3. The Morgan fingerprint density at radius 3 is 1.88 bits per heavy atom. The van der Waals surface area contributed by atoms with Crippen LogP contribution in [0.15, 0.2) is 120 Å². The van der Waals surface area contributed by atoms with Gasteiger partial charge in [-0.2, -0.15) is 4.98 Å². The van der Waals surface area contributed by atoms with Crippen LogP contribution >= 0.6 is 0 Å². The van der Waals surface area contributed by atoms with Crippen molar-refractivity contribution in [2.75, 3.05) is 32.8 Å². The Bertz CT molecular complexity index is 1870. The maximum Gasteiger partial charge on any atom is 0.350 e. The zero-order valence-corrected chi connectivity index (χ0v) is 27.5. The first-order valence-corrected chi connectivity index (χ1v) is 15.6. The third-order valence-electron chi connectivity index (χ3n) is 8.02. The first kappa shape index (κ1) is 34.6. The van der Waals surface area contributed by atoms with Crippen LogP contribution in [0.25, 0.3) is 0 Å². The van der Waals surface area contributed by atoms with Crippen molar-refractivity contribution >= 4 is 17.6 Å². The molecule has 0 unspecified atom stereocenters. The van der Waals surface area contributed by atoms with Crippen LogP contribution in [-0.4, -0.2) is 59.9 Å². The molecule has 1 heterocycles. The van der Waals surface area contributed by atoms with Crippen LogP contribution in [0.5, 0.6) is 11.5 Å². The lowest BCUT2D eigenvalue weighted by Gasteiger charge is -2.37. The van der Waals surface area contributed by atoms with Crippen LogP contribution in [-0.2, 0) is 21.7 Å². The van der Waals surface area contributed by atoms with E-state index in [1.807, 2.05) is 78.9 Å². The standard InChI is InChI=1S/C38H38N4O7/c1-26-22-42(37(46)41-35(26)40-36(45)27-10-6-4-7-11-27)23-34(44)39-31(24-43)25-49-38(28-12-8-5-9-13-28,29-14-18-32(47-2)19-15-29)30-16-20-33(48-3)21-17-30/h4-22,31,43H,23-25H2,1-3H3,(H,39,44)(H,40,41,45,46)/t31-/m1/s1. The van der Waals surface area contributed by atoms with Gasteiger partial charge in [-0.15, -0.1) is 0 Å². The van der Waals surface area contributed by atoms with Gasteiger partial charge in [0.1, 0.15) is 29.5 Å². The fourth-order valence-electron chi connectivity index (χ4n) is 5.48. The normalized spacial score (nSPS) is 11.8. The van der Waals surface area contributed by atoms with Crippen molar-refractivity contribution in [3.8, 4) is 11.5 Å². The monoisotopic (exact) mass is 662 g/mol. The van der Waals surface area contributed by atoms with Crippen LogP contribution in [0.3, 0.4) is 0 Å². The highest BCUT2D eigenvalue weighted by Crippen LogP contribution is 2.41. The maximum atomic E-state index is 13.2. The highest BCUT2D eigenvalue weighted by atomic mass is 16.5. The van der Waals surface area contributed by atoms with Gasteiger partial charge >= 0.3 is 5.69 Å². The molecule has 5 aromatic rings. The van der Waals surface area contributed by atoms with Gasteiger partial charge in [0, 0.05) is 17.3 Å². The summed E-state index contributed by atoms with van der Waals surface area (Å²) in [5, 5.41) is 15.8. The van der Waals surface area contributed by atoms with Crippen LogP contribution in [0, 0.1) is 6.92 Å². The molecule has 0 radical (unpaired) electrons. The Kier molecular flexibility index (Phi) is 11.2. The molecule has 11 nitrogen and oxygen atoms in total. The summed E-state index contributed by atoms with van der Waals surface area (Å²) in [6, 6.07) is 32.4. The van der Waals surface area contributed by atoms with Crippen molar-refractivity contribution in [3.63, 3.8) is 0 Å². The predicted octanol–water partition coefficient (Wildman–Crippen LogP) is 4.31. The molecule has 0 fully saturated rings. The number of aliphatic hydroxyl groups is 1. The number of aliphatic hydroxyl groups excluding tert-OH is 1. The molecule has 0 spiro atoms. The lowest BCUT2D eigenvalue weighted by molar-refractivity contribution is -0.123. The Labute approximate surface area is 284 Å². The smallest absolute Gasteiger partial charge is 0.350 e. The number of carbonyl (C=O) groups excluding carboxylic acids is 2. The maximum absolute atomic E-state index is 13.2. The second-order valence-corrected chi connectivity index (χ2v) is 11.3. The van der Waals surface area contributed by atoms with Crippen molar-refractivity contribution in [1.82, 2.24) is 14.9 Å². The average molecular weight is 663 g/mol. The molecule has 0 aliphatic carbocycles. The van der Waals surface area contributed by atoms with E-state index >= 15 is 0 Å². The molecule has 4 aromatic carbocycles. The molecule has 2 amide bonds. The molecule has 1 atom stereocenters. The van der Waals surface area contributed by atoms with Gasteiger partial charge in [0.05, 0.1) is 33.5 Å². The number of carbonyl (C=O) groups is 2. The Morgan fingerprint density at radius 1 is 0.816 bits per heavy atom. The summed E-state index contributed by atoms with van der Waals surface area (Å²) in [7, 11) is 3.19. The van der Waals surface area contributed by atoms with Gasteiger partial charge in [0.25, 0.3) is 5.91 Å². The van der Waals surface area contributed by atoms with E-state index in [1.165, 1.54) is 6.20 Å². The number of hydrogen-bond donors (Lipinski definition) is 3. The van der Waals surface area contributed by atoms with E-state index in [4.69, 9.17) is 14.2 Å². The van der Waals surface area contributed by atoms with Crippen molar-refractivity contribution in [2.24, 2.45) is 0 Å². The molecule has 1 aromatic heterocycles. The Hall–Kier alpha value is -5.78. The van der Waals surface area contributed by atoms with E-state index in [-0.39, 0.29) is 19.0 Å². The molecule has 0 aliphatic heterocycles. The van der Waals surface area contributed by atoms with Gasteiger partial charge < -0.3 is 30.0 Å². The number of aryl methyl sites for hydroxylation is 1. The summed E-state index contributed by atoms with van der Waals surface area (Å²) in [5.41, 5.74) is 1.44. The Balaban J connectivity index is 1.37. The van der Waals surface area contributed by atoms with Crippen molar-refractivity contribution < 1.29 is 28.9 Å². The van der Waals surface area contributed by atoms with Crippen molar-refractivity contribution in [3.05, 3.63) is 154 Å². The zero-order chi connectivity index (χ0) is 34.8. The summed E-state index contributed by atoms with van der Waals surface area (Å²) in [6.45, 7) is 0.786. The van der Waals surface area contributed by atoms with Gasteiger partial charge in [0.15, 0.2) is 0 Å². The molecule has 252 valence electrons. The van der Waals surface area contributed by atoms with E-state index in [2.05, 4.69) is 15.6 Å². The lowest BCUT2D eigenvalue weighted by atomic mass is 9.80. The fourth-order valence-corrected chi connectivity index (χ4v) is 5.48. The quantitative estimate of drug-likeness (QED) is 0.150. The SMILES string of the molecule is COc1ccc(C(OC[C@@H](CO)NC(=O)Cn2cc(C)c(NC(=O)c3ccccc3)nc2=O)(c2ccccc2)c2ccc(OC)cc2)cc1. The molecule has 11 heteroatoms. The van der Waals surface area contributed by atoms with E-state index in [0.29, 0.717) is 22.6 Å². The summed E-state index contributed by atoms with van der Waals surface area (Å²) < 4.78 is 18.7. The molecule has 5 rings (SSSR count). The van der Waals surface area contributed by atoms with Crippen molar-refractivity contribution in [1.29, 1.82) is 0 Å². The fraction of sp³-hybridized carbons (Fsp3) is 0.211. The number of benzene rings is 4.